The maximum absolute atomic E-state index is 11.6. The molecule has 2 rings (SSSR count). The van der Waals surface area contributed by atoms with Crippen molar-refractivity contribution in [3.05, 3.63) is 18.3 Å². The quantitative estimate of drug-likeness (QED) is 0.690. The van der Waals surface area contributed by atoms with Crippen LogP contribution in [0.1, 0.15) is 25.7 Å². The van der Waals surface area contributed by atoms with E-state index in [0.29, 0.717) is 30.9 Å². The van der Waals surface area contributed by atoms with Gasteiger partial charge in [-0.05, 0) is 31.4 Å². The number of rotatable bonds is 6. The zero-order valence-electron chi connectivity index (χ0n) is 11.1. The van der Waals surface area contributed by atoms with Gasteiger partial charge in [-0.1, -0.05) is 0 Å². The molecule has 7 heteroatoms. The Labute approximate surface area is 123 Å². The topological polar surface area (TPSA) is 97.1 Å². The molecule has 1 fully saturated rings. The molecule has 0 aromatic carbocycles. The lowest BCUT2D eigenvalue weighted by Gasteiger charge is -2.06. The highest BCUT2D eigenvalue weighted by Gasteiger charge is 2.28. The van der Waals surface area contributed by atoms with Gasteiger partial charge in [0.25, 0.3) is 0 Å². The molecule has 0 spiro atoms. The second kappa shape index (κ2) is 7.69. The maximum atomic E-state index is 11.6. The minimum absolute atomic E-state index is 0. The van der Waals surface area contributed by atoms with Crippen LogP contribution in [0.25, 0.3) is 0 Å². The summed E-state index contributed by atoms with van der Waals surface area (Å²) < 4.78 is 0. The van der Waals surface area contributed by atoms with E-state index >= 15 is 0 Å². The van der Waals surface area contributed by atoms with E-state index in [9.17, 15) is 9.59 Å². The molecule has 1 heterocycles. The second-order valence-electron chi connectivity index (χ2n) is 4.69. The summed E-state index contributed by atoms with van der Waals surface area (Å²) in [6.07, 6.45) is 4.51. The molecule has 1 aromatic rings. The highest BCUT2D eigenvalue weighted by molar-refractivity contribution is 5.90. The van der Waals surface area contributed by atoms with Crippen molar-refractivity contribution in [3.63, 3.8) is 0 Å². The fraction of sp³-hybridized carbons (Fsp3) is 0.462. The number of pyridine rings is 1. The molecule has 0 bridgehead atoms. The van der Waals surface area contributed by atoms with Crippen LogP contribution in [0, 0.1) is 5.92 Å². The zero-order valence-corrected chi connectivity index (χ0v) is 11.9. The van der Waals surface area contributed by atoms with Gasteiger partial charge in [0, 0.05) is 18.9 Å². The van der Waals surface area contributed by atoms with Crippen LogP contribution in [-0.4, -0.2) is 23.3 Å². The van der Waals surface area contributed by atoms with Crippen LogP contribution in [0.5, 0.6) is 0 Å². The molecule has 20 heavy (non-hydrogen) atoms. The van der Waals surface area contributed by atoms with Gasteiger partial charge in [-0.15, -0.1) is 12.4 Å². The van der Waals surface area contributed by atoms with Crippen LogP contribution in [0.4, 0.5) is 11.5 Å². The molecular weight excluding hydrogens is 280 g/mol. The van der Waals surface area contributed by atoms with Crippen molar-refractivity contribution in [1.29, 1.82) is 0 Å². The summed E-state index contributed by atoms with van der Waals surface area (Å²) >= 11 is 0. The van der Waals surface area contributed by atoms with E-state index in [1.54, 1.807) is 12.1 Å². The first-order chi connectivity index (χ1) is 9.15. The van der Waals surface area contributed by atoms with Crippen molar-refractivity contribution in [1.82, 2.24) is 10.3 Å². The number of aromatic nitrogens is 1. The Hall–Kier alpha value is -1.82. The lowest BCUT2D eigenvalue weighted by atomic mass is 10.2. The SMILES string of the molecule is Cl.Nc1ccc(NC(=O)CCCNC(=O)C2CC2)cn1. The molecule has 1 aliphatic carbocycles. The normalized spacial score (nSPS) is 13.2. The molecule has 0 radical (unpaired) electrons. The standard InChI is InChI=1S/C13H18N4O2.ClH/c14-11-6-5-10(8-16-11)17-12(18)2-1-7-15-13(19)9-3-4-9;/h5-6,8-9H,1-4,7H2,(H2,14,16)(H,15,19)(H,17,18);1H. The largest absolute Gasteiger partial charge is 0.384 e. The van der Waals surface area contributed by atoms with Crippen molar-refractivity contribution in [2.45, 2.75) is 25.7 Å². The van der Waals surface area contributed by atoms with Crippen molar-refractivity contribution in [2.75, 3.05) is 17.6 Å². The number of amides is 2. The number of nitrogen functional groups attached to an aromatic ring is 1. The first-order valence-electron chi connectivity index (χ1n) is 6.44. The van der Waals surface area contributed by atoms with E-state index < -0.39 is 0 Å². The van der Waals surface area contributed by atoms with Gasteiger partial charge in [-0.3, -0.25) is 9.59 Å². The van der Waals surface area contributed by atoms with Crippen LogP contribution in [0.2, 0.25) is 0 Å². The summed E-state index contributed by atoms with van der Waals surface area (Å²) in [6, 6.07) is 3.33. The molecule has 0 atom stereocenters. The Bertz CT molecular complexity index is 460. The molecular formula is C13H19ClN4O2. The number of hydrogen-bond acceptors (Lipinski definition) is 4. The summed E-state index contributed by atoms with van der Waals surface area (Å²) in [5.74, 6) is 0.658. The highest BCUT2D eigenvalue weighted by Crippen LogP contribution is 2.28. The van der Waals surface area contributed by atoms with Gasteiger partial charge in [0.2, 0.25) is 11.8 Å². The monoisotopic (exact) mass is 298 g/mol. The lowest BCUT2D eigenvalue weighted by Crippen LogP contribution is -2.26. The molecule has 2 amide bonds. The lowest BCUT2D eigenvalue weighted by molar-refractivity contribution is -0.122. The fourth-order valence-electron chi connectivity index (χ4n) is 1.65. The van der Waals surface area contributed by atoms with Gasteiger partial charge < -0.3 is 16.4 Å². The van der Waals surface area contributed by atoms with Crippen molar-refractivity contribution >= 4 is 35.7 Å². The Kier molecular flexibility index (Phi) is 6.24. The third-order valence-corrected chi connectivity index (χ3v) is 2.90. The second-order valence-corrected chi connectivity index (χ2v) is 4.69. The van der Waals surface area contributed by atoms with E-state index in [1.165, 1.54) is 6.20 Å². The van der Waals surface area contributed by atoms with Crippen LogP contribution < -0.4 is 16.4 Å². The van der Waals surface area contributed by atoms with Crippen molar-refractivity contribution in [3.8, 4) is 0 Å². The van der Waals surface area contributed by atoms with E-state index in [4.69, 9.17) is 5.73 Å². The predicted octanol–water partition coefficient (Wildman–Crippen LogP) is 1.33. The van der Waals surface area contributed by atoms with Gasteiger partial charge in [0.1, 0.15) is 5.82 Å². The van der Waals surface area contributed by atoms with Crippen molar-refractivity contribution < 1.29 is 9.59 Å². The minimum atomic E-state index is -0.0905. The van der Waals surface area contributed by atoms with Crippen LogP contribution in [-0.2, 0) is 9.59 Å². The van der Waals surface area contributed by atoms with E-state index in [2.05, 4.69) is 15.6 Å². The van der Waals surface area contributed by atoms with Gasteiger partial charge in [0.15, 0.2) is 0 Å². The Morgan fingerprint density at radius 1 is 1.35 bits per heavy atom. The maximum Gasteiger partial charge on any atom is 0.224 e. The molecule has 0 saturated heterocycles. The van der Waals surface area contributed by atoms with E-state index in [0.717, 1.165) is 12.8 Å². The van der Waals surface area contributed by atoms with Gasteiger partial charge in [-0.25, -0.2) is 4.98 Å². The smallest absolute Gasteiger partial charge is 0.224 e. The molecule has 1 aromatic heterocycles. The van der Waals surface area contributed by atoms with E-state index in [1.807, 2.05) is 0 Å². The minimum Gasteiger partial charge on any atom is -0.384 e. The fourth-order valence-corrected chi connectivity index (χ4v) is 1.65. The number of nitrogens with one attached hydrogen (secondary N) is 2. The third-order valence-electron chi connectivity index (χ3n) is 2.90. The Balaban J connectivity index is 0.00000200. The first kappa shape index (κ1) is 16.2. The summed E-state index contributed by atoms with van der Waals surface area (Å²) in [5, 5.41) is 5.55. The summed E-state index contributed by atoms with van der Waals surface area (Å²) in [7, 11) is 0. The van der Waals surface area contributed by atoms with Crippen LogP contribution in [0.15, 0.2) is 18.3 Å². The van der Waals surface area contributed by atoms with Crippen LogP contribution in [0.3, 0.4) is 0 Å². The molecule has 0 unspecified atom stereocenters. The number of nitrogens with two attached hydrogens (primary N) is 1. The molecule has 6 nitrogen and oxygen atoms in total. The average molecular weight is 299 g/mol. The Morgan fingerprint density at radius 3 is 2.70 bits per heavy atom. The molecule has 1 saturated carbocycles. The number of carbonyl (C=O) groups excluding carboxylic acids is 2. The predicted molar refractivity (Wildman–Crippen MR) is 79.5 cm³/mol. The van der Waals surface area contributed by atoms with Gasteiger partial charge >= 0.3 is 0 Å². The first-order valence-corrected chi connectivity index (χ1v) is 6.44. The van der Waals surface area contributed by atoms with Crippen molar-refractivity contribution in [2.24, 2.45) is 5.92 Å². The number of anilines is 2. The summed E-state index contributed by atoms with van der Waals surface area (Å²) in [5.41, 5.74) is 6.08. The molecule has 0 aliphatic heterocycles. The average Bonchev–Trinajstić information content (AvgIpc) is 3.21. The summed E-state index contributed by atoms with van der Waals surface area (Å²) in [4.78, 5) is 26.8. The highest BCUT2D eigenvalue weighted by atomic mass is 35.5. The summed E-state index contributed by atoms with van der Waals surface area (Å²) in [6.45, 7) is 0.544. The van der Waals surface area contributed by atoms with Crippen LogP contribution >= 0.6 is 12.4 Å². The number of nitrogens with zero attached hydrogens (tertiary/aromatic N) is 1. The van der Waals surface area contributed by atoms with Gasteiger partial charge in [-0.2, -0.15) is 0 Å². The van der Waals surface area contributed by atoms with Gasteiger partial charge in [0.05, 0.1) is 11.9 Å². The van der Waals surface area contributed by atoms with E-state index in [-0.39, 0.29) is 30.1 Å². The Morgan fingerprint density at radius 2 is 2.10 bits per heavy atom. The molecule has 110 valence electrons. The zero-order chi connectivity index (χ0) is 13.7. The third kappa shape index (κ3) is 5.44. The number of hydrogen-bond donors (Lipinski definition) is 3. The molecule has 1 aliphatic rings. The molecule has 4 N–H and O–H groups in total. The number of halogens is 1. The number of carbonyl (C=O) groups is 2.